The standard InChI is InChI=1S/C20H22BrN3OS/c1-14-6-4-7-17-18(14)22-20(26-17)24(13-5-12-23(2)3)19(25)15-8-10-16(21)11-9-15/h4,6-11H,5,12-13H2,1-3H3. The Balaban J connectivity index is 1.94. The first-order valence-electron chi connectivity index (χ1n) is 8.54. The molecule has 0 unspecified atom stereocenters. The van der Waals surface area contributed by atoms with Crippen molar-refractivity contribution >= 4 is 48.5 Å². The Hall–Kier alpha value is -1.76. The molecule has 0 aliphatic heterocycles. The summed E-state index contributed by atoms with van der Waals surface area (Å²) in [6.45, 7) is 3.62. The minimum Gasteiger partial charge on any atom is -0.309 e. The smallest absolute Gasteiger partial charge is 0.260 e. The van der Waals surface area contributed by atoms with Crippen LogP contribution < -0.4 is 4.90 Å². The molecule has 1 heterocycles. The number of benzene rings is 2. The third-order valence-electron chi connectivity index (χ3n) is 4.16. The van der Waals surface area contributed by atoms with Crippen molar-refractivity contribution in [2.75, 3.05) is 32.1 Å². The van der Waals surface area contributed by atoms with Crippen molar-refractivity contribution < 1.29 is 4.79 Å². The van der Waals surface area contributed by atoms with Gasteiger partial charge in [0.1, 0.15) is 0 Å². The van der Waals surface area contributed by atoms with E-state index in [4.69, 9.17) is 4.98 Å². The van der Waals surface area contributed by atoms with Gasteiger partial charge in [0.2, 0.25) is 0 Å². The van der Waals surface area contributed by atoms with Gasteiger partial charge in [0.15, 0.2) is 5.13 Å². The van der Waals surface area contributed by atoms with E-state index in [9.17, 15) is 4.79 Å². The molecular weight excluding hydrogens is 410 g/mol. The Morgan fingerprint density at radius 1 is 1.12 bits per heavy atom. The largest absolute Gasteiger partial charge is 0.309 e. The van der Waals surface area contributed by atoms with Crippen LogP contribution in [0.2, 0.25) is 0 Å². The number of aromatic nitrogens is 1. The molecule has 26 heavy (non-hydrogen) atoms. The van der Waals surface area contributed by atoms with Gasteiger partial charge in [-0.05, 0) is 69.9 Å². The number of nitrogens with zero attached hydrogens (tertiary/aromatic N) is 3. The zero-order valence-corrected chi connectivity index (χ0v) is 17.6. The average Bonchev–Trinajstić information content (AvgIpc) is 3.04. The lowest BCUT2D eigenvalue weighted by Crippen LogP contribution is -2.33. The molecule has 3 aromatic rings. The van der Waals surface area contributed by atoms with Gasteiger partial charge in [0.05, 0.1) is 10.2 Å². The van der Waals surface area contributed by atoms with Crippen LogP contribution in [0.25, 0.3) is 10.2 Å². The van der Waals surface area contributed by atoms with Crippen LogP contribution in [0, 0.1) is 6.92 Å². The van der Waals surface area contributed by atoms with Crippen molar-refractivity contribution in [3.8, 4) is 0 Å². The number of halogens is 1. The van der Waals surface area contributed by atoms with Crippen LogP contribution in [-0.2, 0) is 0 Å². The summed E-state index contributed by atoms with van der Waals surface area (Å²) in [6, 6.07) is 13.6. The Kier molecular flexibility index (Phi) is 6.06. The summed E-state index contributed by atoms with van der Waals surface area (Å²) in [7, 11) is 4.09. The highest BCUT2D eigenvalue weighted by molar-refractivity contribution is 9.10. The lowest BCUT2D eigenvalue weighted by Gasteiger charge is -2.21. The summed E-state index contributed by atoms with van der Waals surface area (Å²) in [5.74, 6) is -0.00651. The van der Waals surface area contributed by atoms with Crippen molar-refractivity contribution in [3.05, 3.63) is 58.1 Å². The van der Waals surface area contributed by atoms with E-state index in [0.717, 1.165) is 38.3 Å². The van der Waals surface area contributed by atoms with Gasteiger partial charge < -0.3 is 4.90 Å². The normalized spacial score (nSPS) is 11.3. The third kappa shape index (κ3) is 4.31. The second kappa shape index (κ2) is 8.29. The number of fused-ring (bicyclic) bond motifs is 1. The van der Waals surface area contributed by atoms with Crippen LogP contribution >= 0.6 is 27.3 Å². The molecule has 0 fully saturated rings. The van der Waals surface area contributed by atoms with Gasteiger partial charge in [-0.25, -0.2) is 4.98 Å². The van der Waals surface area contributed by atoms with Gasteiger partial charge in [0.25, 0.3) is 5.91 Å². The van der Waals surface area contributed by atoms with Crippen molar-refractivity contribution in [2.45, 2.75) is 13.3 Å². The number of hydrogen-bond acceptors (Lipinski definition) is 4. The second-order valence-electron chi connectivity index (χ2n) is 6.54. The quantitative estimate of drug-likeness (QED) is 0.552. The molecule has 0 aliphatic carbocycles. The molecule has 4 nitrogen and oxygen atoms in total. The lowest BCUT2D eigenvalue weighted by molar-refractivity contribution is 0.0986. The van der Waals surface area contributed by atoms with Crippen LogP contribution in [0.3, 0.4) is 0 Å². The number of carbonyl (C=O) groups is 1. The van der Waals surface area contributed by atoms with Gasteiger partial charge >= 0.3 is 0 Å². The molecule has 0 atom stereocenters. The molecule has 0 N–H and O–H groups in total. The lowest BCUT2D eigenvalue weighted by atomic mass is 10.2. The van der Waals surface area contributed by atoms with Gasteiger partial charge in [0, 0.05) is 16.6 Å². The van der Waals surface area contributed by atoms with Crippen LogP contribution in [0.1, 0.15) is 22.3 Å². The number of aryl methyl sites for hydroxylation is 1. The molecule has 2 aromatic carbocycles. The van der Waals surface area contributed by atoms with Gasteiger partial charge in [-0.3, -0.25) is 9.69 Å². The summed E-state index contributed by atoms with van der Waals surface area (Å²) < 4.78 is 2.07. The van der Waals surface area contributed by atoms with Crippen molar-refractivity contribution in [1.29, 1.82) is 0 Å². The number of carbonyl (C=O) groups excluding carboxylic acids is 1. The van der Waals surface area contributed by atoms with E-state index in [2.05, 4.69) is 39.9 Å². The van der Waals surface area contributed by atoms with Crippen LogP contribution in [0.5, 0.6) is 0 Å². The van der Waals surface area contributed by atoms with E-state index < -0.39 is 0 Å². The highest BCUT2D eigenvalue weighted by Gasteiger charge is 2.21. The number of rotatable bonds is 6. The maximum Gasteiger partial charge on any atom is 0.260 e. The first kappa shape index (κ1) is 19.0. The molecular formula is C20H22BrN3OS. The van der Waals surface area contributed by atoms with E-state index in [-0.39, 0.29) is 5.91 Å². The molecule has 136 valence electrons. The first-order valence-corrected chi connectivity index (χ1v) is 10.1. The van der Waals surface area contributed by atoms with Crippen molar-refractivity contribution in [3.63, 3.8) is 0 Å². The van der Waals surface area contributed by atoms with Crippen molar-refractivity contribution in [1.82, 2.24) is 9.88 Å². The van der Waals surface area contributed by atoms with Crippen LogP contribution in [-0.4, -0.2) is 43.0 Å². The molecule has 0 bridgehead atoms. The van der Waals surface area contributed by atoms with Gasteiger partial charge in [-0.15, -0.1) is 0 Å². The molecule has 1 amide bonds. The van der Waals surface area contributed by atoms with E-state index in [1.54, 1.807) is 11.3 Å². The number of para-hydroxylation sites is 1. The fourth-order valence-corrected chi connectivity index (χ4v) is 4.10. The fraction of sp³-hybridized carbons (Fsp3) is 0.300. The SMILES string of the molecule is Cc1cccc2sc(N(CCCN(C)C)C(=O)c3ccc(Br)cc3)nc12. The average molecular weight is 432 g/mol. The van der Waals surface area contributed by atoms with Gasteiger partial charge in [-0.2, -0.15) is 0 Å². The third-order valence-corrected chi connectivity index (χ3v) is 5.74. The van der Waals surface area contributed by atoms with E-state index >= 15 is 0 Å². The molecule has 6 heteroatoms. The van der Waals surface area contributed by atoms with Gasteiger partial charge in [-0.1, -0.05) is 39.4 Å². The molecule has 0 aliphatic rings. The summed E-state index contributed by atoms with van der Waals surface area (Å²) in [6.07, 6.45) is 0.893. The van der Waals surface area contributed by atoms with E-state index in [1.807, 2.05) is 49.3 Å². The minimum atomic E-state index is -0.00651. The molecule has 0 saturated carbocycles. The first-order chi connectivity index (χ1) is 12.5. The molecule has 0 radical (unpaired) electrons. The van der Waals surface area contributed by atoms with Crippen LogP contribution in [0.15, 0.2) is 46.9 Å². The number of amides is 1. The summed E-state index contributed by atoms with van der Waals surface area (Å²) in [4.78, 5) is 21.9. The zero-order valence-electron chi connectivity index (χ0n) is 15.2. The summed E-state index contributed by atoms with van der Waals surface area (Å²) in [5.41, 5.74) is 2.79. The maximum absolute atomic E-state index is 13.2. The maximum atomic E-state index is 13.2. The monoisotopic (exact) mass is 431 g/mol. The predicted octanol–water partition coefficient (Wildman–Crippen LogP) is 4.97. The molecule has 0 saturated heterocycles. The topological polar surface area (TPSA) is 36.4 Å². The highest BCUT2D eigenvalue weighted by atomic mass is 79.9. The Morgan fingerprint density at radius 2 is 1.85 bits per heavy atom. The predicted molar refractivity (Wildman–Crippen MR) is 113 cm³/mol. The summed E-state index contributed by atoms with van der Waals surface area (Å²) >= 11 is 5.00. The van der Waals surface area contributed by atoms with E-state index in [1.165, 1.54) is 0 Å². The fourth-order valence-electron chi connectivity index (χ4n) is 2.77. The molecule has 3 rings (SSSR count). The van der Waals surface area contributed by atoms with Crippen LogP contribution in [0.4, 0.5) is 5.13 Å². The Morgan fingerprint density at radius 3 is 2.50 bits per heavy atom. The zero-order chi connectivity index (χ0) is 18.7. The molecule has 1 aromatic heterocycles. The number of anilines is 1. The minimum absolute atomic E-state index is 0.00651. The van der Waals surface area contributed by atoms with Crippen molar-refractivity contribution in [2.24, 2.45) is 0 Å². The van der Waals surface area contributed by atoms with E-state index in [0.29, 0.717) is 12.1 Å². The highest BCUT2D eigenvalue weighted by Crippen LogP contribution is 2.31. The molecule has 0 spiro atoms. The Labute approximate surface area is 166 Å². The Bertz CT molecular complexity index is 905. The summed E-state index contributed by atoms with van der Waals surface area (Å²) in [5, 5.41) is 0.765. The number of thiazole rings is 1. The number of hydrogen-bond donors (Lipinski definition) is 0. The second-order valence-corrected chi connectivity index (χ2v) is 8.46.